The van der Waals surface area contributed by atoms with Crippen LogP contribution in [-0.4, -0.2) is 16.5 Å². The molecule has 0 bridgehead atoms. The number of halogens is 4. The molecule has 12 heteroatoms. The molecule has 0 amide bonds. The number of nitro benzene ring substituents is 1. The molecule has 0 fully saturated rings. The van der Waals surface area contributed by atoms with Crippen LogP contribution in [0.15, 0.2) is 71.6 Å². The topological polar surface area (TPSA) is 78.7 Å². The van der Waals surface area contributed by atoms with Gasteiger partial charge in [-0.05, 0) is 43.3 Å². The van der Waals surface area contributed by atoms with Crippen LogP contribution in [-0.2, 0) is 15.3 Å². The predicted molar refractivity (Wildman–Crippen MR) is 130 cm³/mol. The Hall–Kier alpha value is -2.52. The Kier molecular flexibility index (Phi) is 8.54. The van der Waals surface area contributed by atoms with Gasteiger partial charge in [0, 0.05) is 23.2 Å². The summed E-state index contributed by atoms with van der Waals surface area (Å²) < 4.78 is 63.9. The summed E-state index contributed by atoms with van der Waals surface area (Å²) in [5.41, 5.74) is -1.97. The second-order valence-electron chi connectivity index (χ2n) is 7.25. The van der Waals surface area contributed by atoms with Gasteiger partial charge in [0.2, 0.25) is 7.37 Å². The molecule has 0 spiro atoms. The molecule has 0 aliphatic rings. The first-order chi connectivity index (χ1) is 16.4. The Labute approximate surface area is 209 Å². The fraction of sp³-hybridized carbons (Fsp3) is 0.217. The zero-order valence-corrected chi connectivity index (χ0v) is 21.0. The number of alkyl halides is 3. The molecule has 0 radical (unpaired) electrons. The van der Waals surface area contributed by atoms with E-state index in [-0.39, 0.29) is 28.0 Å². The molecular formula is C23H20ClF3NO5PS. The van der Waals surface area contributed by atoms with Gasteiger partial charge in [0.1, 0.15) is 22.2 Å². The van der Waals surface area contributed by atoms with Crippen LogP contribution >= 0.6 is 30.7 Å². The number of rotatable bonds is 9. The third-order valence-electron chi connectivity index (χ3n) is 4.78. The van der Waals surface area contributed by atoms with Crippen molar-refractivity contribution in [3.8, 4) is 11.5 Å². The largest absolute Gasteiger partial charge is 0.456 e. The number of ether oxygens (including phenoxy) is 1. The third-order valence-corrected chi connectivity index (χ3v) is 8.77. The van der Waals surface area contributed by atoms with Crippen LogP contribution in [0.5, 0.6) is 11.5 Å². The van der Waals surface area contributed by atoms with Gasteiger partial charge < -0.3 is 9.26 Å². The first-order valence-corrected chi connectivity index (χ1v) is 13.3. The summed E-state index contributed by atoms with van der Waals surface area (Å²) in [6.07, 6.45) is -4.61. The van der Waals surface area contributed by atoms with Crippen molar-refractivity contribution >= 4 is 41.7 Å². The highest BCUT2D eigenvalue weighted by molar-refractivity contribution is 8.00. The van der Waals surface area contributed by atoms with E-state index in [1.807, 2.05) is 30.3 Å². The molecule has 2 atom stereocenters. The number of nitrogens with zero attached hydrogens (tertiary/aromatic N) is 1. The van der Waals surface area contributed by atoms with Crippen LogP contribution in [0.25, 0.3) is 0 Å². The number of benzene rings is 3. The summed E-state index contributed by atoms with van der Waals surface area (Å²) in [5.74, 6) is -0.0902. The number of hydrogen-bond acceptors (Lipinski definition) is 6. The molecule has 186 valence electrons. The lowest BCUT2D eigenvalue weighted by atomic mass is 10.2. The van der Waals surface area contributed by atoms with Crippen LogP contribution in [0, 0.1) is 10.1 Å². The normalized spacial score (nSPS) is 14.2. The van der Waals surface area contributed by atoms with Gasteiger partial charge in [0.15, 0.2) is 0 Å². The summed E-state index contributed by atoms with van der Waals surface area (Å²) in [6, 6.07) is 15.4. The van der Waals surface area contributed by atoms with Gasteiger partial charge in [0.25, 0.3) is 5.69 Å². The first kappa shape index (κ1) is 27.1. The van der Waals surface area contributed by atoms with E-state index in [1.54, 1.807) is 13.8 Å². The molecule has 0 N–H and O–H groups in total. The van der Waals surface area contributed by atoms with Gasteiger partial charge in [-0.3, -0.25) is 14.7 Å². The lowest BCUT2D eigenvalue weighted by molar-refractivity contribution is -0.383. The standard InChI is InChI=1S/C23H20ClF3NO5PS/c1-3-34(31,33-15(2)35-18-7-5-4-6-8-18)22-14-17(10-11-20(22)28(29)30)32-21-12-9-16(13-19(21)24)23(25,26)27/h4-15H,3H2,1-2H3. The van der Waals surface area contributed by atoms with Crippen molar-refractivity contribution in [2.45, 2.75) is 30.4 Å². The second kappa shape index (κ2) is 11.0. The van der Waals surface area contributed by atoms with Crippen molar-refractivity contribution in [1.29, 1.82) is 0 Å². The van der Waals surface area contributed by atoms with Crippen molar-refractivity contribution in [2.24, 2.45) is 0 Å². The molecule has 0 heterocycles. The van der Waals surface area contributed by atoms with Gasteiger partial charge in [0.05, 0.1) is 15.5 Å². The second-order valence-corrected chi connectivity index (χ2v) is 11.7. The summed E-state index contributed by atoms with van der Waals surface area (Å²) in [4.78, 5) is 11.9. The van der Waals surface area contributed by atoms with E-state index in [2.05, 4.69) is 0 Å². The maximum absolute atomic E-state index is 13.8. The smallest absolute Gasteiger partial charge is 0.416 e. The Morgan fingerprint density at radius 1 is 1.11 bits per heavy atom. The Morgan fingerprint density at radius 2 is 1.80 bits per heavy atom. The Morgan fingerprint density at radius 3 is 2.37 bits per heavy atom. The van der Waals surface area contributed by atoms with Crippen LogP contribution < -0.4 is 10.0 Å². The molecule has 0 aliphatic heterocycles. The van der Waals surface area contributed by atoms with E-state index in [0.29, 0.717) is 6.07 Å². The minimum absolute atomic E-state index is 0.00731. The number of nitro groups is 1. The van der Waals surface area contributed by atoms with Crippen LogP contribution in [0.1, 0.15) is 19.4 Å². The third kappa shape index (κ3) is 6.79. The van der Waals surface area contributed by atoms with Crippen LogP contribution in [0.4, 0.5) is 18.9 Å². The first-order valence-electron chi connectivity index (χ1n) is 10.3. The van der Waals surface area contributed by atoms with Gasteiger partial charge in [-0.25, -0.2) is 0 Å². The summed E-state index contributed by atoms with van der Waals surface area (Å²) >= 11 is 7.26. The Balaban J connectivity index is 1.93. The molecule has 0 saturated carbocycles. The average molecular weight is 546 g/mol. The van der Waals surface area contributed by atoms with E-state index >= 15 is 0 Å². The van der Waals surface area contributed by atoms with Gasteiger partial charge in [-0.1, -0.05) is 48.5 Å². The molecule has 6 nitrogen and oxygen atoms in total. The van der Waals surface area contributed by atoms with Gasteiger partial charge in [-0.2, -0.15) is 13.2 Å². The zero-order chi connectivity index (χ0) is 25.8. The van der Waals surface area contributed by atoms with Crippen molar-refractivity contribution < 1.29 is 31.9 Å². The van der Waals surface area contributed by atoms with Crippen molar-refractivity contribution in [3.05, 3.63) is 87.4 Å². The molecular weight excluding hydrogens is 526 g/mol. The monoisotopic (exact) mass is 545 g/mol. The summed E-state index contributed by atoms with van der Waals surface area (Å²) in [5, 5.41) is 11.2. The maximum atomic E-state index is 13.8. The van der Waals surface area contributed by atoms with E-state index in [1.165, 1.54) is 23.9 Å². The van der Waals surface area contributed by atoms with Crippen LogP contribution in [0.2, 0.25) is 5.02 Å². The van der Waals surface area contributed by atoms with Crippen molar-refractivity contribution in [1.82, 2.24) is 0 Å². The van der Waals surface area contributed by atoms with Crippen LogP contribution in [0.3, 0.4) is 0 Å². The summed E-state index contributed by atoms with van der Waals surface area (Å²) in [6.45, 7) is 3.28. The minimum atomic E-state index is -4.58. The highest BCUT2D eigenvalue weighted by atomic mass is 35.5. The fourth-order valence-corrected chi connectivity index (χ4v) is 6.55. The molecule has 3 aromatic rings. The maximum Gasteiger partial charge on any atom is 0.416 e. The van der Waals surface area contributed by atoms with E-state index in [0.717, 1.165) is 23.1 Å². The van der Waals surface area contributed by atoms with E-state index in [4.69, 9.17) is 20.9 Å². The van der Waals surface area contributed by atoms with Gasteiger partial charge in [-0.15, -0.1) is 0 Å². The molecule has 2 unspecified atom stereocenters. The minimum Gasteiger partial charge on any atom is -0.456 e. The molecule has 35 heavy (non-hydrogen) atoms. The Bertz CT molecular complexity index is 1260. The number of thioether (sulfide) groups is 1. The molecule has 0 aromatic heterocycles. The van der Waals surface area contributed by atoms with E-state index in [9.17, 15) is 27.9 Å². The van der Waals surface area contributed by atoms with Gasteiger partial charge >= 0.3 is 6.18 Å². The highest BCUT2D eigenvalue weighted by Crippen LogP contribution is 2.51. The predicted octanol–water partition coefficient (Wildman–Crippen LogP) is 8.14. The zero-order valence-electron chi connectivity index (χ0n) is 18.5. The average Bonchev–Trinajstić information content (AvgIpc) is 2.80. The lowest BCUT2D eigenvalue weighted by Crippen LogP contribution is -2.17. The van der Waals surface area contributed by atoms with Crippen molar-refractivity contribution in [3.63, 3.8) is 0 Å². The molecule has 0 aliphatic carbocycles. The quantitative estimate of drug-likeness (QED) is 0.0887. The van der Waals surface area contributed by atoms with Crippen molar-refractivity contribution in [2.75, 3.05) is 6.16 Å². The SMILES string of the molecule is CCP(=O)(OC(C)Sc1ccccc1)c1cc(Oc2ccc(C(F)(F)F)cc2Cl)ccc1[N+](=O)[O-]. The molecule has 0 saturated heterocycles. The number of hydrogen-bond donors (Lipinski definition) is 0. The molecule has 3 aromatic carbocycles. The summed E-state index contributed by atoms with van der Waals surface area (Å²) in [7, 11) is -3.73. The lowest BCUT2D eigenvalue weighted by Gasteiger charge is -2.22. The highest BCUT2D eigenvalue weighted by Gasteiger charge is 2.35. The fourth-order valence-electron chi connectivity index (χ4n) is 3.13. The molecule has 3 rings (SSSR count). The van der Waals surface area contributed by atoms with E-state index < -0.39 is 35.2 Å².